The van der Waals surface area contributed by atoms with Crippen molar-refractivity contribution in [3.05, 3.63) is 52.8 Å². The highest BCUT2D eigenvalue weighted by Gasteiger charge is 2.31. The Balaban J connectivity index is 1.30. The van der Waals surface area contributed by atoms with Gasteiger partial charge in [-0.15, -0.1) is 0 Å². The number of fused-ring (bicyclic) bond motifs is 1. The first-order valence-corrected chi connectivity index (χ1v) is 12.2. The molecule has 2 saturated heterocycles. The molecule has 1 amide bonds. The molecule has 3 aliphatic rings. The van der Waals surface area contributed by atoms with Gasteiger partial charge in [-0.1, -0.05) is 11.6 Å². The molecule has 2 aromatic rings. The van der Waals surface area contributed by atoms with Gasteiger partial charge in [-0.2, -0.15) is 0 Å². The Bertz CT molecular complexity index is 986. The number of carbonyl (C=O) groups excluding carboxylic acids is 1. The van der Waals surface area contributed by atoms with Crippen LogP contribution in [0.1, 0.15) is 24.0 Å². The second-order valence-electron chi connectivity index (χ2n) is 9.11. The lowest BCUT2D eigenvalue weighted by Crippen LogP contribution is -2.42. The van der Waals surface area contributed by atoms with Crippen molar-refractivity contribution < 1.29 is 23.7 Å². The summed E-state index contributed by atoms with van der Waals surface area (Å²) in [6, 6.07) is 7.60. The minimum atomic E-state index is -0.118. The van der Waals surface area contributed by atoms with Crippen molar-refractivity contribution in [1.82, 2.24) is 14.8 Å². The summed E-state index contributed by atoms with van der Waals surface area (Å²) in [5.74, 6) is 1.93. The molecule has 1 unspecified atom stereocenters. The summed E-state index contributed by atoms with van der Waals surface area (Å²) in [7, 11) is 0. The molecule has 0 aliphatic carbocycles. The predicted molar refractivity (Wildman–Crippen MR) is 126 cm³/mol. The molecule has 5 rings (SSSR count). The van der Waals surface area contributed by atoms with Gasteiger partial charge in [0.25, 0.3) is 0 Å². The van der Waals surface area contributed by atoms with Crippen LogP contribution in [-0.2, 0) is 27.4 Å². The van der Waals surface area contributed by atoms with Gasteiger partial charge in [0.15, 0.2) is 11.5 Å². The predicted octanol–water partition coefficient (Wildman–Crippen LogP) is 3.12. The highest BCUT2D eigenvalue weighted by Crippen LogP contribution is 2.37. The van der Waals surface area contributed by atoms with Crippen LogP contribution in [-0.4, -0.2) is 73.0 Å². The molecule has 34 heavy (non-hydrogen) atoms. The molecule has 1 aromatic carbocycles. The van der Waals surface area contributed by atoms with Crippen molar-refractivity contribution in [3.63, 3.8) is 0 Å². The molecule has 2 fully saturated rings. The van der Waals surface area contributed by atoms with Crippen molar-refractivity contribution in [2.45, 2.75) is 32.1 Å². The zero-order chi connectivity index (χ0) is 23.3. The monoisotopic (exact) mass is 487 g/mol. The number of ether oxygens (including phenoxy) is 4. The lowest BCUT2D eigenvalue weighted by molar-refractivity contribution is -0.133. The van der Waals surface area contributed by atoms with Crippen LogP contribution in [0.2, 0.25) is 5.02 Å². The molecule has 4 heterocycles. The second-order valence-corrected chi connectivity index (χ2v) is 9.52. The van der Waals surface area contributed by atoms with Gasteiger partial charge in [0, 0.05) is 62.9 Å². The molecular weight excluding hydrogens is 458 g/mol. The maximum atomic E-state index is 13.3. The van der Waals surface area contributed by atoms with Gasteiger partial charge in [0.05, 0.1) is 19.3 Å². The first-order valence-electron chi connectivity index (χ1n) is 11.8. The van der Waals surface area contributed by atoms with Crippen LogP contribution in [0.3, 0.4) is 0 Å². The number of hydrogen-bond donors (Lipinski definition) is 0. The molecule has 1 atom stereocenters. The molecule has 0 saturated carbocycles. The van der Waals surface area contributed by atoms with Gasteiger partial charge >= 0.3 is 0 Å². The van der Waals surface area contributed by atoms with E-state index in [-0.39, 0.29) is 18.8 Å². The third-order valence-electron chi connectivity index (χ3n) is 6.59. The smallest absolute Gasteiger partial charge is 0.236 e. The lowest BCUT2D eigenvalue weighted by atomic mass is 9.99. The average molecular weight is 488 g/mol. The first kappa shape index (κ1) is 23.4. The molecule has 8 nitrogen and oxygen atoms in total. The maximum absolute atomic E-state index is 13.3. The zero-order valence-electron chi connectivity index (χ0n) is 19.2. The summed E-state index contributed by atoms with van der Waals surface area (Å²) in [5.41, 5.74) is 1.97. The van der Waals surface area contributed by atoms with E-state index in [0.717, 1.165) is 43.7 Å². The SMILES string of the molecule is O=C1CN(Cc2cc3c(cc2Cl)OCO3)CC(OCc2ccncc2)CN1CC1CCOCC1. The Kier molecular flexibility index (Phi) is 7.49. The average Bonchev–Trinajstić information content (AvgIpc) is 3.24. The summed E-state index contributed by atoms with van der Waals surface area (Å²) in [6.45, 7) is 5.01. The largest absolute Gasteiger partial charge is 0.454 e. The molecular formula is C25H30ClN3O5. The number of benzene rings is 1. The van der Waals surface area contributed by atoms with Crippen molar-refractivity contribution in [3.8, 4) is 11.5 Å². The molecule has 0 bridgehead atoms. The first-order chi connectivity index (χ1) is 16.6. The van der Waals surface area contributed by atoms with Gasteiger partial charge < -0.3 is 23.8 Å². The third-order valence-corrected chi connectivity index (χ3v) is 6.94. The Hall–Kier alpha value is -2.39. The number of rotatable bonds is 7. The van der Waals surface area contributed by atoms with E-state index in [4.69, 9.17) is 30.5 Å². The van der Waals surface area contributed by atoms with E-state index >= 15 is 0 Å². The zero-order valence-corrected chi connectivity index (χ0v) is 19.9. The van der Waals surface area contributed by atoms with E-state index in [1.807, 2.05) is 23.1 Å². The van der Waals surface area contributed by atoms with Gasteiger partial charge in [0.2, 0.25) is 12.7 Å². The molecule has 1 aromatic heterocycles. The molecule has 0 radical (unpaired) electrons. The number of amides is 1. The summed E-state index contributed by atoms with van der Waals surface area (Å²) in [5, 5.41) is 0.606. The normalized spacial score (nSPS) is 21.6. The Morgan fingerprint density at radius 2 is 1.85 bits per heavy atom. The number of hydrogen-bond acceptors (Lipinski definition) is 7. The van der Waals surface area contributed by atoms with Crippen molar-refractivity contribution in [2.24, 2.45) is 5.92 Å². The molecule has 0 spiro atoms. The molecule has 182 valence electrons. The van der Waals surface area contributed by atoms with Gasteiger partial charge in [-0.25, -0.2) is 0 Å². The van der Waals surface area contributed by atoms with E-state index in [0.29, 0.717) is 55.2 Å². The number of aromatic nitrogens is 1. The third kappa shape index (κ3) is 5.81. The van der Waals surface area contributed by atoms with E-state index in [1.54, 1.807) is 18.5 Å². The molecule has 3 aliphatic heterocycles. The van der Waals surface area contributed by atoms with Crippen LogP contribution < -0.4 is 9.47 Å². The highest BCUT2D eigenvalue weighted by molar-refractivity contribution is 6.31. The van der Waals surface area contributed by atoms with Crippen LogP contribution in [0.4, 0.5) is 0 Å². The fraction of sp³-hybridized carbons (Fsp3) is 0.520. The highest BCUT2D eigenvalue weighted by atomic mass is 35.5. The maximum Gasteiger partial charge on any atom is 0.236 e. The van der Waals surface area contributed by atoms with Crippen molar-refractivity contribution in [2.75, 3.05) is 46.2 Å². The summed E-state index contributed by atoms with van der Waals surface area (Å²) in [6.07, 6.45) is 5.39. The fourth-order valence-electron chi connectivity index (χ4n) is 4.71. The fourth-order valence-corrected chi connectivity index (χ4v) is 4.92. The van der Waals surface area contributed by atoms with E-state index < -0.39 is 0 Å². The van der Waals surface area contributed by atoms with Gasteiger partial charge in [0.1, 0.15) is 0 Å². The minimum absolute atomic E-state index is 0.118. The number of halogens is 1. The molecule has 9 heteroatoms. The Morgan fingerprint density at radius 3 is 2.65 bits per heavy atom. The van der Waals surface area contributed by atoms with Crippen LogP contribution in [0.5, 0.6) is 11.5 Å². The number of nitrogens with zero attached hydrogens (tertiary/aromatic N) is 3. The number of carbonyl (C=O) groups is 1. The van der Waals surface area contributed by atoms with Crippen LogP contribution >= 0.6 is 11.6 Å². The van der Waals surface area contributed by atoms with Gasteiger partial charge in [-0.3, -0.25) is 14.7 Å². The summed E-state index contributed by atoms with van der Waals surface area (Å²) < 4.78 is 22.8. The van der Waals surface area contributed by atoms with E-state index in [2.05, 4.69) is 9.88 Å². The van der Waals surface area contributed by atoms with E-state index in [9.17, 15) is 4.79 Å². The Morgan fingerprint density at radius 1 is 1.09 bits per heavy atom. The minimum Gasteiger partial charge on any atom is -0.454 e. The van der Waals surface area contributed by atoms with E-state index in [1.165, 1.54) is 0 Å². The second kappa shape index (κ2) is 10.9. The van der Waals surface area contributed by atoms with Crippen LogP contribution in [0, 0.1) is 5.92 Å². The van der Waals surface area contributed by atoms with Gasteiger partial charge in [-0.05, 0) is 48.1 Å². The van der Waals surface area contributed by atoms with Crippen LogP contribution in [0.25, 0.3) is 0 Å². The van der Waals surface area contributed by atoms with Crippen molar-refractivity contribution >= 4 is 17.5 Å². The topological polar surface area (TPSA) is 73.4 Å². The Labute approximate surface area is 204 Å². The quantitative estimate of drug-likeness (QED) is 0.594. The molecule has 0 N–H and O–H groups in total. The number of pyridine rings is 1. The standard InChI is InChI=1S/C25H30ClN3O5/c26-22-10-24-23(33-17-34-24)9-20(22)12-28-13-21(32-16-19-1-5-27-6-2-19)14-29(25(30)15-28)11-18-3-7-31-8-4-18/h1-2,5-6,9-10,18,21H,3-4,7-8,11-17H2. The van der Waals surface area contributed by atoms with Crippen LogP contribution in [0.15, 0.2) is 36.7 Å². The van der Waals surface area contributed by atoms with Crippen molar-refractivity contribution in [1.29, 1.82) is 0 Å². The lowest BCUT2D eigenvalue weighted by Gasteiger charge is -2.30. The summed E-state index contributed by atoms with van der Waals surface area (Å²) in [4.78, 5) is 21.5. The summed E-state index contributed by atoms with van der Waals surface area (Å²) >= 11 is 6.53.